The molecule has 0 heterocycles. The Morgan fingerprint density at radius 2 is 1.70 bits per heavy atom. The topological polar surface area (TPSA) is 38.3 Å². The normalized spacial score (nSPS) is 11.9. The first-order valence-electron chi connectivity index (χ1n) is 7.62. The second kappa shape index (κ2) is 7.51. The van der Waals surface area contributed by atoms with Gasteiger partial charge in [0.1, 0.15) is 5.75 Å². The SMILES string of the molecule is Cc1cc(C)c(C(C)NC(=O)COc2ccc(Cl)cc2)cc1C. The van der Waals surface area contributed by atoms with E-state index in [2.05, 4.69) is 38.2 Å². The summed E-state index contributed by atoms with van der Waals surface area (Å²) in [7, 11) is 0. The molecule has 1 N–H and O–H groups in total. The molecular formula is C19H22ClNO2. The third kappa shape index (κ3) is 4.73. The Morgan fingerprint density at radius 3 is 2.35 bits per heavy atom. The number of ether oxygens (including phenoxy) is 1. The van der Waals surface area contributed by atoms with Crippen LogP contribution in [0.2, 0.25) is 5.02 Å². The monoisotopic (exact) mass is 331 g/mol. The number of halogens is 1. The van der Waals surface area contributed by atoms with Gasteiger partial charge in [-0.05, 0) is 74.2 Å². The first-order valence-corrected chi connectivity index (χ1v) is 8.00. The summed E-state index contributed by atoms with van der Waals surface area (Å²) in [6.45, 7) is 8.20. The maximum Gasteiger partial charge on any atom is 0.258 e. The minimum Gasteiger partial charge on any atom is -0.484 e. The molecule has 2 aromatic rings. The summed E-state index contributed by atoms with van der Waals surface area (Å²) >= 11 is 5.81. The Bertz CT molecular complexity index is 695. The van der Waals surface area contributed by atoms with E-state index >= 15 is 0 Å². The van der Waals surface area contributed by atoms with Crippen molar-refractivity contribution in [1.29, 1.82) is 0 Å². The molecule has 0 aliphatic rings. The lowest BCUT2D eigenvalue weighted by atomic mass is 9.96. The van der Waals surface area contributed by atoms with Crippen LogP contribution >= 0.6 is 11.6 Å². The number of carbonyl (C=O) groups is 1. The summed E-state index contributed by atoms with van der Waals surface area (Å²) in [6, 6.07) is 11.2. The van der Waals surface area contributed by atoms with Crippen LogP contribution in [-0.4, -0.2) is 12.5 Å². The number of aryl methyl sites for hydroxylation is 3. The van der Waals surface area contributed by atoms with Crippen LogP contribution in [0.15, 0.2) is 36.4 Å². The average molecular weight is 332 g/mol. The van der Waals surface area contributed by atoms with Gasteiger partial charge in [0.15, 0.2) is 6.61 Å². The summed E-state index contributed by atoms with van der Waals surface area (Å²) in [6.07, 6.45) is 0. The van der Waals surface area contributed by atoms with E-state index in [9.17, 15) is 4.79 Å². The maximum absolute atomic E-state index is 12.1. The van der Waals surface area contributed by atoms with Gasteiger partial charge < -0.3 is 10.1 Å². The molecule has 4 heteroatoms. The summed E-state index contributed by atoms with van der Waals surface area (Å²) in [5, 5.41) is 3.61. The van der Waals surface area contributed by atoms with E-state index in [4.69, 9.17) is 16.3 Å². The quantitative estimate of drug-likeness (QED) is 0.874. The number of hydrogen-bond acceptors (Lipinski definition) is 2. The van der Waals surface area contributed by atoms with Gasteiger partial charge in [0, 0.05) is 5.02 Å². The van der Waals surface area contributed by atoms with E-state index in [1.165, 1.54) is 16.7 Å². The molecule has 0 aliphatic carbocycles. The molecule has 0 radical (unpaired) electrons. The summed E-state index contributed by atoms with van der Waals surface area (Å²) in [5.74, 6) is 0.477. The van der Waals surface area contributed by atoms with E-state index in [1.807, 2.05) is 6.92 Å². The Hall–Kier alpha value is -2.00. The fraction of sp³-hybridized carbons (Fsp3) is 0.316. The predicted molar refractivity (Wildman–Crippen MR) is 94.2 cm³/mol. The van der Waals surface area contributed by atoms with Crippen LogP contribution < -0.4 is 10.1 Å². The van der Waals surface area contributed by atoms with Crippen molar-refractivity contribution in [1.82, 2.24) is 5.32 Å². The Balaban J connectivity index is 1.94. The van der Waals surface area contributed by atoms with Gasteiger partial charge in [0.2, 0.25) is 0 Å². The zero-order valence-electron chi connectivity index (χ0n) is 13.9. The van der Waals surface area contributed by atoms with Gasteiger partial charge in [-0.1, -0.05) is 23.7 Å². The zero-order valence-corrected chi connectivity index (χ0v) is 14.7. The number of nitrogens with one attached hydrogen (secondary N) is 1. The lowest BCUT2D eigenvalue weighted by Gasteiger charge is -2.18. The van der Waals surface area contributed by atoms with Crippen molar-refractivity contribution in [3.8, 4) is 5.75 Å². The summed E-state index contributed by atoms with van der Waals surface area (Å²) in [4.78, 5) is 12.1. The highest BCUT2D eigenvalue weighted by atomic mass is 35.5. The highest BCUT2D eigenvalue weighted by molar-refractivity contribution is 6.30. The Kier molecular flexibility index (Phi) is 5.67. The predicted octanol–water partition coefficient (Wildman–Crippen LogP) is 4.52. The minimum atomic E-state index is -0.148. The lowest BCUT2D eigenvalue weighted by Crippen LogP contribution is -2.31. The molecule has 0 aromatic heterocycles. The maximum atomic E-state index is 12.1. The van der Waals surface area contributed by atoms with E-state index < -0.39 is 0 Å². The molecule has 3 nitrogen and oxygen atoms in total. The van der Waals surface area contributed by atoms with E-state index in [0.717, 1.165) is 5.56 Å². The lowest BCUT2D eigenvalue weighted by molar-refractivity contribution is -0.123. The molecule has 0 aliphatic heterocycles. The first kappa shape index (κ1) is 17.4. The minimum absolute atomic E-state index is 0.0180. The third-order valence-electron chi connectivity index (χ3n) is 3.91. The van der Waals surface area contributed by atoms with Gasteiger partial charge in [-0.3, -0.25) is 4.79 Å². The highest BCUT2D eigenvalue weighted by Gasteiger charge is 2.13. The first-order chi connectivity index (χ1) is 10.9. The van der Waals surface area contributed by atoms with Crippen LogP contribution in [-0.2, 0) is 4.79 Å². The van der Waals surface area contributed by atoms with Crippen LogP contribution in [0.1, 0.15) is 35.2 Å². The third-order valence-corrected chi connectivity index (χ3v) is 4.16. The van der Waals surface area contributed by atoms with E-state index in [0.29, 0.717) is 10.8 Å². The van der Waals surface area contributed by atoms with Crippen molar-refractivity contribution in [3.63, 3.8) is 0 Å². The van der Waals surface area contributed by atoms with Crippen molar-refractivity contribution in [2.75, 3.05) is 6.61 Å². The molecule has 1 atom stereocenters. The molecule has 122 valence electrons. The van der Waals surface area contributed by atoms with Gasteiger partial charge in [-0.25, -0.2) is 0 Å². The second-order valence-electron chi connectivity index (χ2n) is 5.82. The number of carbonyl (C=O) groups excluding carboxylic acids is 1. The Morgan fingerprint density at radius 1 is 1.09 bits per heavy atom. The smallest absolute Gasteiger partial charge is 0.258 e. The molecule has 0 saturated heterocycles. The molecular weight excluding hydrogens is 310 g/mol. The van der Waals surface area contributed by atoms with E-state index in [-0.39, 0.29) is 18.6 Å². The van der Waals surface area contributed by atoms with Crippen molar-refractivity contribution in [2.24, 2.45) is 0 Å². The number of rotatable bonds is 5. The van der Waals surface area contributed by atoms with Crippen LogP contribution in [0.4, 0.5) is 0 Å². The second-order valence-corrected chi connectivity index (χ2v) is 6.26. The fourth-order valence-electron chi connectivity index (χ4n) is 2.49. The highest BCUT2D eigenvalue weighted by Crippen LogP contribution is 2.21. The van der Waals surface area contributed by atoms with Crippen LogP contribution in [0.3, 0.4) is 0 Å². The molecule has 23 heavy (non-hydrogen) atoms. The number of amides is 1. The van der Waals surface area contributed by atoms with Crippen LogP contribution in [0, 0.1) is 20.8 Å². The molecule has 0 spiro atoms. The standard InChI is InChI=1S/C19H22ClNO2/c1-12-9-14(3)18(10-13(12)2)15(4)21-19(22)11-23-17-7-5-16(20)6-8-17/h5-10,15H,11H2,1-4H3,(H,21,22). The van der Waals surface area contributed by atoms with Crippen LogP contribution in [0.5, 0.6) is 5.75 Å². The fourth-order valence-corrected chi connectivity index (χ4v) is 2.62. The molecule has 0 bridgehead atoms. The van der Waals surface area contributed by atoms with Gasteiger partial charge in [0.05, 0.1) is 6.04 Å². The zero-order chi connectivity index (χ0) is 17.0. The molecule has 2 aromatic carbocycles. The van der Waals surface area contributed by atoms with Gasteiger partial charge >= 0.3 is 0 Å². The van der Waals surface area contributed by atoms with Gasteiger partial charge in [0.25, 0.3) is 5.91 Å². The number of hydrogen-bond donors (Lipinski definition) is 1. The van der Waals surface area contributed by atoms with E-state index in [1.54, 1.807) is 24.3 Å². The number of benzene rings is 2. The van der Waals surface area contributed by atoms with Crippen molar-refractivity contribution < 1.29 is 9.53 Å². The Labute approximate surface area is 142 Å². The molecule has 0 fully saturated rings. The molecule has 1 unspecified atom stereocenters. The van der Waals surface area contributed by atoms with Crippen molar-refractivity contribution in [2.45, 2.75) is 33.7 Å². The molecule has 2 rings (SSSR count). The van der Waals surface area contributed by atoms with Gasteiger partial charge in [-0.15, -0.1) is 0 Å². The van der Waals surface area contributed by atoms with Gasteiger partial charge in [-0.2, -0.15) is 0 Å². The van der Waals surface area contributed by atoms with Crippen LogP contribution in [0.25, 0.3) is 0 Å². The summed E-state index contributed by atoms with van der Waals surface area (Å²) < 4.78 is 5.46. The largest absolute Gasteiger partial charge is 0.484 e. The molecule has 0 saturated carbocycles. The summed E-state index contributed by atoms with van der Waals surface area (Å²) in [5.41, 5.74) is 4.80. The van der Waals surface area contributed by atoms with Crippen molar-refractivity contribution >= 4 is 17.5 Å². The average Bonchev–Trinajstić information content (AvgIpc) is 2.50. The molecule has 1 amide bonds. The van der Waals surface area contributed by atoms with Crippen molar-refractivity contribution in [3.05, 3.63) is 63.7 Å².